The molecule has 2 N–H and O–H groups in total. The Morgan fingerprint density at radius 3 is 2.25 bits per heavy atom. The predicted octanol–water partition coefficient (Wildman–Crippen LogP) is 3.71. The molecule has 1 aromatic heterocycles. The van der Waals surface area contributed by atoms with Gasteiger partial charge in [0.05, 0.1) is 0 Å². The lowest BCUT2D eigenvalue weighted by Gasteiger charge is -2.10. The van der Waals surface area contributed by atoms with Gasteiger partial charge in [-0.05, 0) is 37.8 Å². The average molecular weight is 271 g/mol. The van der Waals surface area contributed by atoms with Crippen molar-refractivity contribution in [2.45, 2.75) is 40.5 Å². The Balaban J connectivity index is 2.24. The van der Waals surface area contributed by atoms with E-state index in [1.165, 1.54) is 5.56 Å². The summed E-state index contributed by atoms with van der Waals surface area (Å²) in [5.41, 5.74) is 4.87. The third-order valence-corrected chi connectivity index (χ3v) is 3.37. The van der Waals surface area contributed by atoms with Gasteiger partial charge in [-0.1, -0.05) is 31.5 Å². The molecule has 0 fully saturated rings. The van der Waals surface area contributed by atoms with E-state index in [-0.39, 0.29) is 5.91 Å². The zero-order valence-electron chi connectivity index (χ0n) is 12.7. The van der Waals surface area contributed by atoms with E-state index in [4.69, 9.17) is 0 Å². The lowest BCUT2D eigenvalue weighted by Crippen LogP contribution is -2.15. The van der Waals surface area contributed by atoms with Gasteiger partial charge >= 0.3 is 0 Å². The smallest absolute Gasteiger partial charge is 0.257 e. The highest BCUT2D eigenvalue weighted by molar-refractivity contribution is 6.05. The molecule has 2 rings (SSSR count). The average Bonchev–Trinajstić information content (AvgIpc) is 2.75. The van der Waals surface area contributed by atoms with E-state index in [9.17, 15) is 4.79 Å². The van der Waals surface area contributed by atoms with Gasteiger partial charge < -0.3 is 5.32 Å². The van der Waals surface area contributed by atoms with Crippen LogP contribution in [0.1, 0.15) is 52.5 Å². The molecular weight excluding hydrogens is 250 g/mol. The molecule has 106 valence electrons. The van der Waals surface area contributed by atoms with Gasteiger partial charge in [0.2, 0.25) is 0 Å². The molecule has 1 amide bonds. The summed E-state index contributed by atoms with van der Waals surface area (Å²) in [6, 6.07) is 5.92. The first-order valence-corrected chi connectivity index (χ1v) is 6.83. The zero-order valence-corrected chi connectivity index (χ0v) is 12.7. The largest absolute Gasteiger partial charge is 0.305 e. The van der Waals surface area contributed by atoms with E-state index in [0.717, 1.165) is 22.4 Å². The zero-order chi connectivity index (χ0) is 14.9. The van der Waals surface area contributed by atoms with Gasteiger partial charge in [0, 0.05) is 17.3 Å². The summed E-state index contributed by atoms with van der Waals surface area (Å²) in [5, 5.41) is 9.91. The lowest BCUT2D eigenvalue weighted by molar-refractivity contribution is 0.102. The highest BCUT2D eigenvalue weighted by atomic mass is 16.1. The second-order valence-electron chi connectivity index (χ2n) is 5.59. The molecule has 0 aliphatic rings. The van der Waals surface area contributed by atoms with E-state index >= 15 is 0 Å². The first-order valence-electron chi connectivity index (χ1n) is 6.83. The van der Waals surface area contributed by atoms with Gasteiger partial charge in [0.25, 0.3) is 5.91 Å². The number of aryl methyl sites for hydroxylation is 3. The van der Waals surface area contributed by atoms with Gasteiger partial charge in [-0.25, -0.2) is 0 Å². The highest BCUT2D eigenvalue weighted by Gasteiger charge is 2.14. The number of nitrogens with one attached hydrogen (secondary N) is 2. The van der Waals surface area contributed by atoms with Gasteiger partial charge in [-0.15, -0.1) is 0 Å². The van der Waals surface area contributed by atoms with Crippen molar-refractivity contribution < 1.29 is 4.79 Å². The minimum absolute atomic E-state index is 0.109. The number of carbonyl (C=O) groups excluding carboxylic acids is 1. The summed E-state index contributed by atoms with van der Waals surface area (Å²) < 4.78 is 0. The first-order chi connectivity index (χ1) is 9.38. The van der Waals surface area contributed by atoms with Crippen LogP contribution in [0.15, 0.2) is 18.2 Å². The predicted molar refractivity (Wildman–Crippen MR) is 81.3 cm³/mol. The third-order valence-electron chi connectivity index (χ3n) is 3.37. The van der Waals surface area contributed by atoms with Crippen molar-refractivity contribution in [2.75, 3.05) is 5.32 Å². The van der Waals surface area contributed by atoms with Crippen LogP contribution in [0, 0.1) is 20.8 Å². The van der Waals surface area contributed by atoms with E-state index in [1.807, 2.05) is 39.0 Å². The molecule has 0 radical (unpaired) electrons. The standard InChI is InChI=1S/C16H21N3O/c1-9(2)13-8-14(19-18-13)17-16(20)15-11(4)6-10(3)7-12(15)5/h6-9H,1-5H3,(H2,17,18,19,20). The number of aromatic amines is 1. The van der Waals surface area contributed by atoms with Crippen LogP contribution in [0.4, 0.5) is 5.82 Å². The van der Waals surface area contributed by atoms with Gasteiger partial charge in [0.15, 0.2) is 5.82 Å². The van der Waals surface area contributed by atoms with Crippen LogP contribution in [-0.4, -0.2) is 16.1 Å². The first kappa shape index (κ1) is 14.3. The van der Waals surface area contributed by atoms with Crippen LogP contribution in [0.5, 0.6) is 0 Å². The number of anilines is 1. The van der Waals surface area contributed by atoms with Crippen LogP contribution in [0.3, 0.4) is 0 Å². The number of aromatic nitrogens is 2. The van der Waals surface area contributed by atoms with E-state index in [0.29, 0.717) is 11.7 Å². The molecule has 0 saturated carbocycles. The molecule has 0 unspecified atom stereocenters. The fourth-order valence-electron chi connectivity index (χ4n) is 2.41. The van der Waals surface area contributed by atoms with Crippen molar-refractivity contribution in [1.29, 1.82) is 0 Å². The minimum Gasteiger partial charge on any atom is -0.305 e. The number of nitrogens with zero attached hydrogens (tertiary/aromatic N) is 1. The maximum absolute atomic E-state index is 12.4. The summed E-state index contributed by atoms with van der Waals surface area (Å²) in [6.07, 6.45) is 0. The summed E-state index contributed by atoms with van der Waals surface area (Å²) in [6.45, 7) is 10.1. The molecule has 4 nitrogen and oxygen atoms in total. The second-order valence-corrected chi connectivity index (χ2v) is 5.59. The topological polar surface area (TPSA) is 57.8 Å². The van der Waals surface area contributed by atoms with Crippen molar-refractivity contribution >= 4 is 11.7 Å². The fourth-order valence-corrected chi connectivity index (χ4v) is 2.41. The van der Waals surface area contributed by atoms with E-state index < -0.39 is 0 Å². The molecule has 0 aliphatic carbocycles. The van der Waals surface area contributed by atoms with Gasteiger partial charge in [-0.3, -0.25) is 9.89 Å². The third kappa shape index (κ3) is 2.90. The Bertz CT molecular complexity index is 618. The van der Waals surface area contributed by atoms with E-state index in [2.05, 4.69) is 29.4 Å². The number of H-pyrrole nitrogens is 1. The quantitative estimate of drug-likeness (QED) is 0.894. The molecule has 0 saturated heterocycles. The Labute approximate surface area is 119 Å². The van der Waals surface area contributed by atoms with E-state index in [1.54, 1.807) is 0 Å². The van der Waals surface area contributed by atoms with Crippen LogP contribution < -0.4 is 5.32 Å². The Morgan fingerprint density at radius 2 is 1.75 bits per heavy atom. The SMILES string of the molecule is Cc1cc(C)c(C(=O)Nc2cc(C(C)C)[nH]n2)c(C)c1. The lowest BCUT2D eigenvalue weighted by atomic mass is 9.99. The monoisotopic (exact) mass is 271 g/mol. The molecule has 4 heteroatoms. The Morgan fingerprint density at radius 1 is 1.15 bits per heavy atom. The molecule has 0 aliphatic heterocycles. The number of amides is 1. The number of benzene rings is 1. The number of carbonyl (C=O) groups is 1. The molecule has 1 aromatic carbocycles. The van der Waals surface area contributed by atoms with Crippen molar-refractivity contribution in [1.82, 2.24) is 10.2 Å². The highest BCUT2D eigenvalue weighted by Crippen LogP contribution is 2.19. The molecule has 2 aromatic rings. The molecule has 1 heterocycles. The minimum atomic E-state index is -0.109. The van der Waals surface area contributed by atoms with Crippen LogP contribution >= 0.6 is 0 Å². The summed E-state index contributed by atoms with van der Waals surface area (Å²) in [7, 11) is 0. The molecule has 0 spiro atoms. The summed E-state index contributed by atoms with van der Waals surface area (Å²) >= 11 is 0. The van der Waals surface area contributed by atoms with Crippen LogP contribution in [0.25, 0.3) is 0 Å². The summed E-state index contributed by atoms with van der Waals surface area (Å²) in [5.74, 6) is 0.816. The van der Waals surface area contributed by atoms with Crippen LogP contribution in [-0.2, 0) is 0 Å². The second kappa shape index (κ2) is 5.49. The van der Waals surface area contributed by atoms with Gasteiger partial charge in [0.1, 0.15) is 0 Å². The van der Waals surface area contributed by atoms with Gasteiger partial charge in [-0.2, -0.15) is 5.10 Å². The Kier molecular flexibility index (Phi) is 3.93. The molecule has 0 bridgehead atoms. The molecule has 0 atom stereocenters. The Hall–Kier alpha value is -2.10. The number of rotatable bonds is 3. The number of hydrogen-bond acceptors (Lipinski definition) is 2. The fraction of sp³-hybridized carbons (Fsp3) is 0.375. The molecule has 20 heavy (non-hydrogen) atoms. The van der Waals surface area contributed by atoms with Crippen molar-refractivity contribution in [3.63, 3.8) is 0 Å². The maximum Gasteiger partial charge on any atom is 0.257 e. The summed E-state index contributed by atoms with van der Waals surface area (Å²) in [4.78, 5) is 12.4. The number of hydrogen-bond donors (Lipinski definition) is 2. The molecular formula is C16H21N3O. The van der Waals surface area contributed by atoms with Crippen molar-refractivity contribution in [3.8, 4) is 0 Å². The van der Waals surface area contributed by atoms with Crippen LogP contribution in [0.2, 0.25) is 0 Å². The van der Waals surface area contributed by atoms with Crippen molar-refractivity contribution in [3.05, 3.63) is 46.1 Å². The maximum atomic E-state index is 12.4. The normalized spacial score (nSPS) is 10.9. The van der Waals surface area contributed by atoms with Crippen molar-refractivity contribution in [2.24, 2.45) is 0 Å².